The zero-order valence-corrected chi connectivity index (χ0v) is 10.7. The van der Waals surface area contributed by atoms with Crippen LogP contribution in [-0.2, 0) is 0 Å². The van der Waals surface area contributed by atoms with Gasteiger partial charge in [-0.25, -0.2) is 0 Å². The smallest absolute Gasteiger partial charge is 0.0629 e. The summed E-state index contributed by atoms with van der Waals surface area (Å²) in [5.41, 5.74) is 3.46. The molecule has 0 N–H and O–H groups in total. The molecule has 17 heavy (non-hydrogen) atoms. The van der Waals surface area contributed by atoms with Crippen LogP contribution in [-0.4, -0.2) is 6.21 Å². The van der Waals surface area contributed by atoms with Crippen LogP contribution in [0.5, 0.6) is 0 Å². The van der Waals surface area contributed by atoms with Gasteiger partial charge in [0.2, 0.25) is 0 Å². The largest absolute Gasteiger partial charge is 0.257 e. The van der Waals surface area contributed by atoms with Crippen LogP contribution in [0.15, 0.2) is 70.8 Å². The third kappa shape index (κ3) is 6.31. The number of aliphatic imine (C=N–C) groups is 1. The van der Waals surface area contributed by atoms with Gasteiger partial charge >= 0.3 is 0 Å². The first-order valence-corrected chi connectivity index (χ1v) is 5.76. The quantitative estimate of drug-likeness (QED) is 0.512. The molecule has 1 aromatic carbocycles. The number of allylic oxidation sites excluding steroid dienone is 6. The topological polar surface area (TPSA) is 12.4 Å². The fraction of sp³-hybridized carbons (Fsp3) is 0.188. The lowest BCUT2D eigenvalue weighted by molar-refractivity contribution is 1.39. The second kappa shape index (κ2) is 7.39. The van der Waals surface area contributed by atoms with Crippen LogP contribution in [0.2, 0.25) is 0 Å². The van der Waals surface area contributed by atoms with Crippen LogP contribution in [0.25, 0.3) is 0 Å². The summed E-state index contributed by atoms with van der Waals surface area (Å²) in [5, 5.41) is 0. The predicted octanol–water partition coefficient (Wildman–Crippen LogP) is 4.86. The molecule has 1 heteroatoms. The molecule has 0 aliphatic carbocycles. The summed E-state index contributed by atoms with van der Waals surface area (Å²) in [6.45, 7) is 6.23. The number of benzene rings is 1. The van der Waals surface area contributed by atoms with Crippen LogP contribution in [0.3, 0.4) is 0 Å². The summed E-state index contributed by atoms with van der Waals surface area (Å²) in [7, 11) is 0. The van der Waals surface area contributed by atoms with Gasteiger partial charge in [-0.2, -0.15) is 0 Å². The minimum absolute atomic E-state index is 0.977. The molecule has 0 atom stereocenters. The van der Waals surface area contributed by atoms with Crippen molar-refractivity contribution in [3.63, 3.8) is 0 Å². The molecule has 1 aromatic rings. The first-order chi connectivity index (χ1) is 8.18. The van der Waals surface area contributed by atoms with Crippen molar-refractivity contribution < 1.29 is 0 Å². The Morgan fingerprint density at radius 1 is 1.00 bits per heavy atom. The molecular weight excluding hydrogens is 206 g/mol. The average Bonchev–Trinajstić information content (AvgIpc) is 2.30. The van der Waals surface area contributed by atoms with Gasteiger partial charge in [0, 0.05) is 6.21 Å². The molecule has 1 nitrogen and oxygen atoms in total. The molecule has 0 amide bonds. The van der Waals surface area contributed by atoms with Crippen molar-refractivity contribution in [3.8, 4) is 0 Å². The van der Waals surface area contributed by atoms with Crippen molar-refractivity contribution in [2.24, 2.45) is 4.99 Å². The van der Waals surface area contributed by atoms with E-state index in [1.165, 1.54) is 11.1 Å². The van der Waals surface area contributed by atoms with Crippen LogP contribution in [0.4, 0.5) is 5.69 Å². The monoisotopic (exact) mass is 225 g/mol. The second-order valence-corrected chi connectivity index (χ2v) is 4.13. The van der Waals surface area contributed by atoms with Crippen LogP contribution in [0, 0.1) is 0 Å². The predicted molar refractivity (Wildman–Crippen MR) is 76.9 cm³/mol. The molecule has 0 saturated heterocycles. The van der Waals surface area contributed by atoms with Crippen molar-refractivity contribution in [1.29, 1.82) is 0 Å². The summed E-state index contributed by atoms with van der Waals surface area (Å²) in [4.78, 5) is 4.34. The standard InChI is InChI=1S/C16H19N/c1-14(2)8-7-9-15(3)12-13-17-16-10-5-4-6-11-16/h4-13H,1-3H3/b9-7+,15-12+,17-13+. The first-order valence-electron chi connectivity index (χ1n) is 5.76. The minimum Gasteiger partial charge on any atom is -0.257 e. The Hall–Kier alpha value is -1.89. The van der Waals surface area contributed by atoms with Crippen LogP contribution >= 0.6 is 0 Å². The summed E-state index contributed by atoms with van der Waals surface area (Å²) < 4.78 is 0. The van der Waals surface area contributed by atoms with E-state index in [0.717, 1.165) is 5.69 Å². The van der Waals surface area contributed by atoms with Gasteiger partial charge in [0.15, 0.2) is 0 Å². The molecule has 88 valence electrons. The van der Waals surface area contributed by atoms with E-state index >= 15 is 0 Å². The molecular formula is C16H19N. The van der Waals surface area contributed by atoms with Crippen molar-refractivity contribution in [2.45, 2.75) is 20.8 Å². The summed E-state index contributed by atoms with van der Waals surface area (Å²) in [6, 6.07) is 9.93. The van der Waals surface area contributed by atoms with Gasteiger partial charge < -0.3 is 0 Å². The number of nitrogens with zero attached hydrogens (tertiary/aromatic N) is 1. The van der Waals surface area contributed by atoms with E-state index < -0.39 is 0 Å². The van der Waals surface area contributed by atoms with Gasteiger partial charge in [-0.1, -0.05) is 42.0 Å². The normalized spacial score (nSPS) is 12.3. The molecule has 1 rings (SSSR count). The zero-order chi connectivity index (χ0) is 12.5. The molecule has 0 radical (unpaired) electrons. The molecule has 0 heterocycles. The Kier molecular flexibility index (Phi) is 5.73. The minimum atomic E-state index is 0.977. The van der Waals surface area contributed by atoms with E-state index in [9.17, 15) is 0 Å². The highest BCUT2D eigenvalue weighted by Crippen LogP contribution is 2.08. The summed E-state index contributed by atoms with van der Waals surface area (Å²) in [6.07, 6.45) is 10.0. The highest BCUT2D eigenvalue weighted by Gasteiger charge is 1.82. The third-order valence-corrected chi connectivity index (χ3v) is 2.11. The number of rotatable bonds is 4. The lowest BCUT2D eigenvalue weighted by Crippen LogP contribution is -1.71. The Labute approximate surface area is 104 Å². The maximum absolute atomic E-state index is 4.34. The molecule has 0 fully saturated rings. The molecule has 0 aromatic heterocycles. The summed E-state index contributed by atoms with van der Waals surface area (Å²) in [5.74, 6) is 0. The van der Waals surface area contributed by atoms with E-state index in [4.69, 9.17) is 0 Å². The molecule has 0 unspecified atom stereocenters. The number of para-hydroxylation sites is 1. The Balaban J connectivity index is 2.56. The fourth-order valence-corrected chi connectivity index (χ4v) is 1.20. The van der Waals surface area contributed by atoms with Crippen LogP contribution < -0.4 is 0 Å². The van der Waals surface area contributed by atoms with E-state index in [2.05, 4.69) is 44.0 Å². The van der Waals surface area contributed by atoms with Crippen molar-refractivity contribution in [1.82, 2.24) is 0 Å². The van der Waals surface area contributed by atoms with Crippen molar-refractivity contribution >= 4 is 11.9 Å². The van der Waals surface area contributed by atoms with Gasteiger partial charge in [0.25, 0.3) is 0 Å². The molecule has 0 bridgehead atoms. The molecule has 0 saturated carbocycles. The number of hydrogen-bond acceptors (Lipinski definition) is 1. The average molecular weight is 225 g/mol. The Morgan fingerprint density at radius 2 is 1.71 bits per heavy atom. The van der Waals surface area contributed by atoms with Gasteiger partial charge in [-0.3, -0.25) is 4.99 Å². The van der Waals surface area contributed by atoms with E-state index in [0.29, 0.717) is 0 Å². The van der Waals surface area contributed by atoms with Gasteiger partial charge in [-0.15, -0.1) is 0 Å². The molecule has 0 aliphatic heterocycles. The molecule has 0 aliphatic rings. The SMILES string of the molecule is CC(C)=C/C=C/C(C)=C/C=N/c1ccccc1. The zero-order valence-electron chi connectivity index (χ0n) is 10.7. The van der Waals surface area contributed by atoms with E-state index in [-0.39, 0.29) is 0 Å². The Morgan fingerprint density at radius 3 is 2.35 bits per heavy atom. The maximum atomic E-state index is 4.34. The maximum Gasteiger partial charge on any atom is 0.0629 e. The highest BCUT2D eigenvalue weighted by atomic mass is 14.7. The summed E-state index contributed by atoms with van der Waals surface area (Å²) >= 11 is 0. The van der Waals surface area contributed by atoms with Crippen molar-refractivity contribution in [3.05, 3.63) is 65.8 Å². The lowest BCUT2D eigenvalue weighted by Gasteiger charge is -1.90. The Bertz CT molecular complexity index is 444. The third-order valence-electron chi connectivity index (χ3n) is 2.11. The van der Waals surface area contributed by atoms with E-state index in [1.54, 1.807) is 0 Å². The van der Waals surface area contributed by atoms with Gasteiger partial charge in [0.1, 0.15) is 0 Å². The highest BCUT2D eigenvalue weighted by molar-refractivity contribution is 5.75. The van der Waals surface area contributed by atoms with Gasteiger partial charge in [-0.05, 0) is 44.6 Å². The fourth-order valence-electron chi connectivity index (χ4n) is 1.20. The first kappa shape index (κ1) is 13.2. The lowest BCUT2D eigenvalue weighted by atomic mass is 10.2. The van der Waals surface area contributed by atoms with Gasteiger partial charge in [0.05, 0.1) is 5.69 Å². The number of hydrogen-bond donors (Lipinski definition) is 0. The molecule has 0 spiro atoms. The van der Waals surface area contributed by atoms with E-state index in [1.807, 2.05) is 42.6 Å². The van der Waals surface area contributed by atoms with Crippen LogP contribution in [0.1, 0.15) is 20.8 Å². The second-order valence-electron chi connectivity index (χ2n) is 4.13. The van der Waals surface area contributed by atoms with Crippen molar-refractivity contribution in [2.75, 3.05) is 0 Å².